The van der Waals surface area contributed by atoms with Crippen molar-refractivity contribution in [2.24, 2.45) is 17.8 Å². The number of alkyl halides is 3. The summed E-state index contributed by atoms with van der Waals surface area (Å²) in [5.41, 5.74) is -0.311. The molecule has 0 heterocycles. The third kappa shape index (κ3) is 6.86. The minimum Gasteiger partial charge on any atom is -0.206 e. The Kier molecular flexibility index (Phi) is 8.54. The molecule has 2 aromatic carbocycles. The average Bonchev–Trinajstić information content (AvgIpc) is 2.83. The van der Waals surface area contributed by atoms with E-state index in [1.165, 1.54) is 63.5 Å². The number of hydrogen-bond acceptors (Lipinski definition) is 0. The van der Waals surface area contributed by atoms with Crippen LogP contribution in [0, 0.1) is 29.4 Å². The molecule has 0 radical (unpaired) electrons. The lowest BCUT2D eigenvalue weighted by atomic mass is 9.76. The predicted octanol–water partition coefficient (Wildman–Crippen LogP) is 10.3. The maximum Gasteiger partial charge on any atom is 0.416 e. The highest BCUT2D eigenvalue weighted by Gasteiger charge is 2.30. The summed E-state index contributed by atoms with van der Waals surface area (Å²) in [6, 6.07) is 6.74. The molecule has 4 rings (SSSR count). The van der Waals surface area contributed by atoms with Gasteiger partial charge in [0.15, 0.2) is 0 Å². The normalized spacial score (nSPS) is 25.5. The van der Waals surface area contributed by atoms with Crippen LogP contribution in [0.4, 0.5) is 22.0 Å². The van der Waals surface area contributed by atoms with Crippen molar-refractivity contribution < 1.29 is 22.0 Å². The molecule has 0 N–H and O–H groups in total. The van der Waals surface area contributed by atoms with Gasteiger partial charge in [-0.1, -0.05) is 70.4 Å². The van der Waals surface area contributed by atoms with Crippen LogP contribution >= 0.6 is 0 Å². The van der Waals surface area contributed by atoms with Crippen LogP contribution in [0.2, 0.25) is 0 Å². The summed E-state index contributed by atoms with van der Waals surface area (Å²) in [5.74, 6) is 1.26. The van der Waals surface area contributed by atoms with Gasteiger partial charge in [-0.2, -0.15) is 13.2 Å². The maximum atomic E-state index is 14.9. The first kappa shape index (κ1) is 26.2. The van der Waals surface area contributed by atoms with Gasteiger partial charge in [0.05, 0.1) is 11.1 Å². The van der Waals surface area contributed by atoms with Crippen LogP contribution in [-0.2, 0) is 6.18 Å². The molecule has 0 aromatic heterocycles. The zero-order valence-corrected chi connectivity index (χ0v) is 20.6. The Bertz CT molecular complexity index is 923. The van der Waals surface area contributed by atoms with Crippen LogP contribution in [0.15, 0.2) is 36.4 Å². The molecule has 2 fully saturated rings. The maximum absolute atomic E-state index is 14.9. The quantitative estimate of drug-likeness (QED) is 0.266. The predicted molar refractivity (Wildman–Crippen MR) is 131 cm³/mol. The minimum atomic E-state index is -4.48. The largest absolute Gasteiger partial charge is 0.416 e. The van der Waals surface area contributed by atoms with Crippen molar-refractivity contribution in [1.82, 2.24) is 0 Å². The van der Waals surface area contributed by atoms with Gasteiger partial charge in [0.2, 0.25) is 0 Å². The highest BCUT2D eigenvalue weighted by Crippen LogP contribution is 2.40. The van der Waals surface area contributed by atoms with Gasteiger partial charge in [-0.25, -0.2) is 8.78 Å². The van der Waals surface area contributed by atoms with Crippen molar-refractivity contribution in [3.63, 3.8) is 0 Å². The first-order valence-electron chi connectivity index (χ1n) is 13.4. The standard InChI is InChI=1S/C30H37F5/c1-20-6-8-21(9-7-20)4-2-3-5-22-10-12-23(13-11-22)25-18-27(31)29(28(32)19-25)24-14-16-26(17-15-24)30(33,34)35/h14-23H,2-13H2,1H3. The average molecular weight is 493 g/mol. The Morgan fingerprint density at radius 3 is 1.69 bits per heavy atom. The molecule has 2 aliphatic carbocycles. The second-order valence-corrected chi connectivity index (χ2v) is 11.1. The summed E-state index contributed by atoms with van der Waals surface area (Å²) in [7, 11) is 0. The van der Waals surface area contributed by atoms with Crippen molar-refractivity contribution >= 4 is 0 Å². The molecule has 2 aromatic rings. The Hall–Kier alpha value is -1.91. The lowest BCUT2D eigenvalue weighted by Crippen LogP contribution is -2.14. The molecule has 0 bridgehead atoms. The van der Waals surface area contributed by atoms with Crippen LogP contribution in [-0.4, -0.2) is 0 Å². The van der Waals surface area contributed by atoms with Gasteiger partial charge in [0.1, 0.15) is 11.6 Å². The second kappa shape index (κ2) is 11.4. The fraction of sp³-hybridized carbons (Fsp3) is 0.600. The van der Waals surface area contributed by atoms with Gasteiger partial charge < -0.3 is 0 Å². The number of hydrogen-bond donors (Lipinski definition) is 0. The monoisotopic (exact) mass is 492 g/mol. The third-order valence-electron chi connectivity index (χ3n) is 8.49. The summed E-state index contributed by atoms with van der Waals surface area (Å²) in [6.07, 6.45) is 10.4. The van der Waals surface area contributed by atoms with Gasteiger partial charge in [0, 0.05) is 0 Å². The zero-order valence-electron chi connectivity index (χ0n) is 20.6. The van der Waals surface area contributed by atoms with E-state index in [1.54, 1.807) is 0 Å². The van der Waals surface area contributed by atoms with E-state index >= 15 is 0 Å². The second-order valence-electron chi connectivity index (χ2n) is 11.1. The fourth-order valence-corrected chi connectivity index (χ4v) is 6.20. The highest BCUT2D eigenvalue weighted by atomic mass is 19.4. The Morgan fingerprint density at radius 1 is 0.714 bits per heavy atom. The number of halogens is 5. The molecule has 0 amide bonds. The molecular formula is C30H37F5. The zero-order chi connectivity index (χ0) is 25.0. The molecule has 0 nitrogen and oxygen atoms in total. The molecule has 0 atom stereocenters. The first-order valence-corrected chi connectivity index (χ1v) is 13.4. The Balaban J connectivity index is 1.27. The van der Waals surface area contributed by atoms with Gasteiger partial charge in [-0.05, 0) is 84.7 Å². The van der Waals surface area contributed by atoms with Gasteiger partial charge in [-0.3, -0.25) is 0 Å². The number of unbranched alkanes of at least 4 members (excludes halogenated alkanes) is 1. The molecule has 2 saturated carbocycles. The van der Waals surface area contributed by atoms with E-state index < -0.39 is 23.4 Å². The van der Waals surface area contributed by atoms with Crippen LogP contribution in [0.5, 0.6) is 0 Å². The smallest absolute Gasteiger partial charge is 0.206 e. The van der Waals surface area contributed by atoms with E-state index in [2.05, 4.69) is 6.92 Å². The molecule has 0 spiro atoms. The number of benzene rings is 2. The third-order valence-corrected chi connectivity index (χ3v) is 8.49. The van der Waals surface area contributed by atoms with Crippen LogP contribution in [0.25, 0.3) is 11.1 Å². The summed E-state index contributed by atoms with van der Waals surface area (Å²) >= 11 is 0. The SMILES string of the molecule is CC1CCC(CCCCC2CCC(c3cc(F)c(-c4ccc(C(F)(F)F)cc4)c(F)c3)CC2)CC1. The summed E-state index contributed by atoms with van der Waals surface area (Å²) in [6.45, 7) is 2.36. The minimum absolute atomic E-state index is 0.117. The van der Waals surface area contributed by atoms with E-state index in [0.29, 0.717) is 11.5 Å². The van der Waals surface area contributed by atoms with E-state index in [1.807, 2.05) is 0 Å². The lowest BCUT2D eigenvalue weighted by Gasteiger charge is -2.29. The topological polar surface area (TPSA) is 0 Å². The van der Waals surface area contributed by atoms with E-state index in [4.69, 9.17) is 0 Å². The van der Waals surface area contributed by atoms with E-state index in [9.17, 15) is 22.0 Å². The molecule has 192 valence electrons. The summed E-state index contributed by atoms with van der Waals surface area (Å²) in [4.78, 5) is 0. The van der Waals surface area contributed by atoms with Crippen LogP contribution in [0.3, 0.4) is 0 Å². The van der Waals surface area contributed by atoms with Crippen molar-refractivity contribution in [2.45, 2.75) is 96.1 Å². The molecule has 0 aliphatic heterocycles. The molecule has 5 heteroatoms. The van der Waals surface area contributed by atoms with Crippen LogP contribution < -0.4 is 0 Å². The van der Waals surface area contributed by atoms with Crippen molar-refractivity contribution in [3.8, 4) is 11.1 Å². The fourth-order valence-electron chi connectivity index (χ4n) is 6.20. The van der Waals surface area contributed by atoms with Crippen molar-refractivity contribution in [2.75, 3.05) is 0 Å². The number of rotatable bonds is 7. The Labute approximate surface area is 206 Å². The van der Waals surface area contributed by atoms with E-state index in [-0.39, 0.29) is 17.0 Å². The molecule has 35 heavy (non-hydrogen) atoms. The van der Waals surface area contributed by atoms with Crippen LogP contribution in [0.1, 0.15) is 101 Å². The van der Waals surface area contributed by atoms with Gasteiger partial charge >= 0.3 is 6.18 Å². The van der Waals surface area contributed by atoms with Crippen molar-refractivity contribution in [1.29, 1.82) is 0 Å². The van der Waals surface area contributed by atoms with Crippen molar-refractivity contribution in [3.05, 3.63) is 59.2 Å². The Morgan fingerprint density at radius 2 is 1.20 bits per heavy atom. The molecule has 0 unspecified atom stereocenters. The molecular weight excluding hydrogens is 455 g/mol. The lowest BCUT2D eigenvalue weighted by molar-refractivity contribution is -0.137. The van der Waals surface area contributed by atoms with Gasteiger partial charge in [-0.15, -0.1) is 0 Å². The van der Waals surface area contributed by atoms with E-state index in [0.717, 1.165) is 61.8 Å². The van der Waals surface area contributed by atoms with Gasteiger partial charge in [0.25, 0.3) is 0 Å². The summed E-state index contributed by atoms with van der Waals surface area (Å²) < 4.78 is 68.1. The first-order chi connectivity index (χ1) is 16.7. The highest BCUT2D eigenvalue weighted by molar-refractivity contribution is 5.66. The molecule has 2 aliphatic rings. The summed E-state index contributed by atoms with van der Waals surface area (Å²) in [5, 5.41) is 0. The molecule has 0 saturated heterocycles.